The summed E-state index contributed by atoms with van der Waals surface area (Å²) in [6, 6.07) is 1.03. The van der Waals surface area contributed by atoms with Crippen LogP contribution in [0.5, 0.6) is 0 Å². The summed E-state index contributed by atoms with van der Waals surface area (Å²) in [6.07, 6.45) is 13.6. The molecule has 4 aliphatic carbocycles. The van der Waals surface area contributed by atoms with E-state index < -0.39 is 0 Å². The van der Waals surface area contributed by atoms with E-state index in [0.29, 0.717) is 24.0 Å². The van der Waals surface area contributed by atoms with Crippen molar-refractivity contribution in [3.05, 3.63) is 11.6 Å². The largest absolute Gasteiger partial charge is 0.444 e. The van der Waals surface area contributed by atoms with Gasteiger partial charge in [0, 0.05) is 32.1 Å². The summed E-state index contributed by atoms with van der Waals surface area (Å²) in [7, 11) is 4.31. The maximum absolute atomic E-state index is 12.8. The van der Waals surface area contributed by atoms with Gasteiger partial charge in [0.25, 0.3) is 0 Å². The molecule has 33 heavy (non-hydrogen) atoms. The van der Waals surface area contributed by atoms with Crippen LogP contribution in [0.4, 0.5) is 4.79 Å². The topological polar surface area (TPSA) is 42.0 Å². The van der Waals surface area contributed by atoms with Gasteiger partial charge in [-0.3, -0.25) is 0 Å². The minimum Gasteiger partial charge on any atom is -0.444 e. The second kappa shape index (κ2) is 7.98. The molecular weight excluding hydrogens is 412 g/mol. The lowest BCUT2D eigenvalue weighted by Crippen LogP contribution is -2.53. The van der Waals surface area contributed by atoms with Gasteiger partial charge in [-0.15, -0.1) is 0 Å². The molecule has 9 atom stereocenters. The Balaban J connectivity index is 1.17. The molecule has 2 saturated heterocycles. The number of nitrogens with zero attached hydrogens (tertiary/aromatic N) is 2. The summed E-state index contributed by atoms with van der Waals surface area (Å²) in [6.45, 7) is 7.65. The van der Waals surface area contributed by atoms with Gasteiger partial charge in [-0.05, 0) is 99.8 Å². The Labute approximate surface area is 200 Å². The summed E-state index contributed by atoms with van der Waals surface area (Å²) >= 11 is 0. The van der Waals surface area contributed by atoms with Gasteiger partial charge < -0.3 is 19.3 Å². The van der Waals surface area contributed by atoms with Crippen molar-refractivity contribution < 1.29 is 14.3 Å². The van der Waals surface area contributed by atoms with Gasteiger partial charge in [-0.2, -0.15) is 0 Å². The zero-order valence-electron chi connectivity index (χ0n) is 21.2. The van der Waals surface area contributed by atoms with Crippen molar-refractivity contribution in [3.63, 3.8) is 0 Å². The van der Waals surface area contributed by atoms with Gasteiger partial charge >= 0.3 is 6.09 Å². The molecule has 6 aliphatic rings. The first-order valence-electron chi connectivity index (χ1n) is 13.7. The lowest BCUT2D eigenvalue weighted by molar-refractivity contribution is -0.0440. The van der Waals surface area contributed by atoms with Crippen LogP contribution in [0.3, 0.4) is 0 Å². The predicted octanol–water partition coefficient (Wildman–Crippen LogP) is 5.11. The molecule has 0 N–H and O–H groups in total. The standard InChI is InChI=1S/C28H44N2O3/c1-18-23-7-8-25-22-6-5-19-15-20(30(4)26(31)33-21-11-14-32-16-21)9-12-27(19,2)24(22)10-13-28(23,25)17-29(18)3/h5,18,20-25H,6-17H2,1-4H3. The number of allylic oxidation sites excluding steroid dienone is 1. The van der Waals surface area contributed by atoms with Crippen LogP contribution < -0.4 is 0 Å². The maximum atomic E-state index is 12.8. The highest BCUT2D eigenvalue weighted by Gasteiger charge is 2.64. The van der Waals surface area contributed by atoms with Crippen molar-refractivity contribution >= 4 is 6.09 Å². The van der Waals surface area contributed by atoms with Gasteiger partial charge in [0.15, 0.2) is 0 Å². The van der Waals surface area contributed by atoms with Crippen molar-refractivity contribution in [2.75, 3.05) is 33.9 Å². The predicted molar refractivity (Wildman–Crippen MR) is 129 cm³/mol. The fraction of sp³-hybridized carbons (Fsp3) is 0.893. The van der Waals surface area contributed by atoms with E-state index in [1.54, 1.807) is 5.57 Å². The van der Waals surface area contributed by atoms with Crippen molar-refractivity contribution in [2.24, 2.45) is 34.5 Å². The number of carbonyl (C=O) groups is 1. The third-order valence-corrected chi connectivity index (χ3v) is 11.7. The van der Waals surface area contributed by atoms with Crippen LogP contribution >= 0.6 is 0 Å². The molecule has 2 aliphatic heterocycles. The normalized spacial score (nSPS) is 49.0. The Morgan fingerprint density at radius 1 is 1.15 bits per heavy atom. The summed E-state index contributed by atoms with van der Waals surface area (Å²) in [5, 5.41) is 0. The van der Waals surface area contributed by atoms with E-state index in [-0.39, 0.29) is 18.2 Å². The summed E-state index contributed by atoms with van der Waals surface area (Å²) in [5.41, 5.74) is 2.58. The van der Waals surface area contributed by atoms with E-state index in [9.17, 15) is 4.79 Å². The Kier molecular flexibility index (Phi) is 5.42. The Morgan fingerprint density at radius 3 is 2.76 bits per heavy atom. The molecule has 0 aromatic rings. The molecule has 1 spiro atoms. The third kappa shape index (κ3) is 3.27. The maximum Gasteiger partial charge on any atom is 0.410 e. The molecule has 0 aromatic carbocycles. The Hall–Kier alpha value is -1.07. The first-order chi connectivity index (χ1) is 15.8. The van der Waals surface area contributed by atoms with Crippen LogP contribution in [0.1, 0.15) is 71.6 Å². The molecule has 6 rings (SSSR count). The third-order valence-electron chi connectivity index (χ3n) is 11.7. The molecule has 184 valence electrons. The molecule has 0 bridgehead atoms. The van der Waals surface area contributed by atoms with Crippen LogP contribution in [-0.4, -0.2) is 67.9 Å². The van der Waals surface area contributed by atoms with Crippen molar-refractivity contribution in [2.45, 2.75) is 89.8 Å². The van der Waals surface area contributed by atoms with Crippen LogP contribution in [0.15, 0.2) is 11.6 Å². The van der Waals surface area contributed by atoms with Crippen molar-refractivity contribution in [3.8, 4) is 0 Å². The number of amides is 1. The molecule has 1 amide bonds. The number of hydrogen-bond acceptors (Lipinski definition) is 4. The second-order valence-electron chi connectivity index (χ2n) is 12.7. The second-order valence-corrected chi connectivity index (χ2v) is 12.7. The zero-order valence-corrected chi connectivity index (χ0v) is 21.2. The average Bonchev–Trinajstić information content (AvgIpc) is 3.49. The Morgan fingerprint density at radius 2 is 1.97 bits per heavy atom. The summed E-state index contributed by atoms with van der Waals surface area (Å²) in [4.78, 5) is 17.3. The highest BCUT2D eigenvalue weighted by Crippen LogP contribution is 2.68. The molecule has 5 fully saturated rings. The minimum atomic E-state index is -0.163. The molecule has 5 nitrogen and oxygen atoms in total. The van der Waals surface area contributed by atoms with Gasteiger partial charge in [-0.25, -0.2) is 4.79 Å². The van der Waals surface area contributed by atoms with E-state index in [1.165, 1.54) is 45.1 Å². The highest BCUT2D eigenvalue weighted by atomic mass is 16.6. The van der Waals surface area contributed by atoms with Crippen LogP contribution in [-0.2, 0) is 9.47 Å². The van der Waals surface area contributed by atoms with Crippen LogP contribution in [0.2, 0.25) is 0 Å². The Bertz CT molecular complexity index is 822. The molecule has 0 aromatic heterocycles. The van der Waals surface area contributed by atoms with E-state index in [4.69, 9.17) is 9.47 Å². The summed E-state index contributed by atoms with van der Waals surface area (Å²) < 4.78 is 11.1. The highest BCUT2D eigenvalue weighted by molar-refractivity contribution is 5.68. The molecule has 5 heteroatoms. The molecular formula is C28H44N2O3. The smallest absolute Gasteiger partial charge is 0.410 e. The molecule has 3 saturated carbocycles. The van der Waals surface area contributed by atoms with Gasteiger partial charge in [0.1, 0.15) is 6.10 Å². The molecule has 0 radical (unpaired) electrons. The number of ether oxygens (including phenoxy) is 2. The van der Waals surface area contributed by atoms with E-state index in [2.05, 4.69) is 31.9 Å². The number of likely N-dealkylation sites (tertiary alicyclic amines) is 1. The van der Waals surface area contributed by atoms with E-state index >= 15 is 0 Å². The monoisotopic (exact) mass is 456 g/mol. The lowest BCUT2D eigenvalue weighted by Gasteiger charge is -2.58. The van der Waals surface area contributed by atoms with Gasteiger partial charge in [0.2, 0.25) is 0 Å². The minimum absolute atomic E-state index is 0.0643. The number of hydrogen-bond donors (Lipinski definition) is 0. The van der Waals surface area contributed by atoms with Crippen LogP contribution in [0.25, 0.3) is 0 Å². The van der Waals surface area contributed by atoms with E-state index in [0.717, 1.165) is 49.0 Å². The SMILES string of the molecule is CC1C2CCC3C4CC=C5CC(N(C)C(=O)OC6CCOC6)CCC5(C)C4CCC32CN1C. The summed E-state index contributed by atoms with van der Waals surface area (Å²) in [5.74, 6) is 3.55. The average molecular weight is 457 g/mol. The van der Waals surface area contributed by atoms with Gasteiger partial charge in [-0.1, -0.05) is 18.6 Å². The molecule has 2 heterocycles. The van der Waals surface area contributed by atoms with E-state index in [1.807, 2.05) is 11.9 Å². The van der Waals surface area contributed by atoms with Crippen molar-refractivity contribution in [1.29, 1.82) is 0 Å². The van der Waals surface area contributed by atoms with Crippen LogP contribution in [0, 0.1) is 34.5 Å². The first kappa shape index (κ1) is 22.4. The van der Waals surface area contributed by atoms with Gasteiger partial charge in [0.05, 0.1) is 13.2 Å². The number of fused-ring (bicyclic) bond motifs is 4. The molecule has 9 unspecified atom stereocenters. The first-order valence-corrected chi connectivity index (χ1v) is 13.7. The fourth-order valence-corrected chi connectivity index (χ4v) is 9.75. The lowest BCUT2D eigenvalue weighted by atomic mass is 9.47. The quantitative estimate of drug-likeness (QED) is 0.542. The fourth-order valence-electron chi connectivity index (χ4n) is 9.75. The number of rotatable bonds is 2. The number of carbonyl (C=O) groups excluding carboxylic acids is 1. The van der Waals surface area contributed by atoms with Crippen molar-refractivity contribution in [1.82, 2.24) is 9.80 Å². The zero-order chi connectivity index (χ0) is 23.0.